The Morgan fingerprint density at radius 3 is 2.94 bits per heavy atom. The molecule has 0 radical (unpaired) electrons. The molecule has 1 heterocycles. The molecule has 1 saturated carbocycles. The van der Waals surface area contributed by atoms with E-state index in [1.54, 1.807) is 0 Å². The van der Waals surface area contributed by atoms with Gasteiger partial charge < -0.3 is 5.32 Å². The number of hydrogen-bond donors (Lipinski definition) is 1. The fourth-order valence-corrected chi connectivity index (χ4v) is 3.45. The third-order valence-electron chi connectivity index (χ3n) is 4.60. The van der Waals surface area contributed by atoms with Gasteiger partial charge in [0.2, 0.25) is 0 Å². The maximum Gasteiger partial charge on any atom is 0.0364 e. The largest absolute Gasteiger partial charge is 0.313 e. The van der Waals surface area contributed by atoms with Gasteiger partial charge in [0, 0.05) is 18.4 Å². The molecule has 1 aromatic heterocycles. The van der Waals surface area contributed by atoms with Gasteiger partial charge in [-0.1, -0.05) is 26.2 Å². The number of aromatic nitrogens is 1. The van der Waals surface area contributed by atoms with Crippen molar-refractivity contribution in [2.24, 2.45) is 11.8 Å². The van der Waals surface area contributed by atoms with Gasteiger partial charge in [-0.3, -0.25) is 4.98 Å². The fourth-order valence-electron chi connectivity index (χ4n) is 3.45. The van der Waals surface area contributed by atoms with Crippen LogP contribution >= 0.6 is 0 Å². The van der Waals surface area contributed by atoms with Crippen LogP contribution in [0.2, 0.25) is 0 Å². The molecular weight excluding hydrogens is 220 g/mol. The van der Waals surface area contributed by atoms with Crippen molar-refractivity contribution in [2.45, 2.75) is 52.0 Å². The summed E-state index contributed by atoms with van der Waals surface area (Å²) in [6.07, 6.45) is 10.8. The molecule has 100 valence electrons. The van der Waals surface area contributed by atoms with E-state index in [4.69, 9.17) is 0 Å². The minimum Gasteiger partial charge on any atom is -0.313 e. The molecule has 1 N–H and O–H groups in total. The second-order valence-corrected chi connectivity index (χ2v) is 5.70. The molecule has 2 heteroatoms. The van der Waals surface area contributed by atoms with Gasteiger partial charge in [0.25, 0.3) is 0 Å². The van der Waals surface area contributed by atoms with Crippen LogP contribution in [0.5, 0.6) is 0 Å². The zero-order valence-corrected chi connectivity index (χ0v) is 11.9. The van der Waals surface area contributed by atoms with Gasteiger partial charge in [-0.2, -0.15) is 0 Å². The van der Waals surface area contributed by atoms with E-state index in [0.29, 0.717) is 6.04 Å². The van der Waals surface area contributed by atoms with Crippen molar-refractivity contribution in [3.05, 3.63) is 29.6 Å². The van der Waals surface area contributed by atoms with Gasteiger partial charge in [0.15, 0.2) is 0 Å². The van der Waals surface area contributed by atoms with Crippen LogP contribution in [0.25, 0.3) is 0 Å². The third-order valence-corrected chi connectivity index (χ3v) is 4.60. The highest BCUT2D eigenvalue weighted by Crippen LogP contribution is 2.38. The van der Waals surface area contributed by atoms with Crippen LogP contribution < -0.4 is 5.32 Å². The third kappa shape index (κ3) is 2.92. The lowest BCUT2D eigenvalue weighted by molar-refractivity contribution is 0.214. The van der Waals surface area contributed by atoms with Crippen molar-refractivity contribution in [1.82, 2.24) is 10.3 Å². The highest BCUT2D eigenvalue weighted by Gasteiger charge is 2.28. The zero-order chi connectivity index (χ0) is 13.0. The average molecular weight is 246 g/mol. The molecule has 2 rings (SSSR count). The second-order valence-electron chi connectivity index (χ2n) is 5.70. The predicted molar refractivity (Wildman–Crippen MR) is 76.5 cm³/mol. The molecule has 0 aliphatic heterocycles. The Hall–Kier alpha value is -0.890. The first kappa shape index (κ1) is 13.5. The molecular formula is C16H26N2. The number of hydrogen-bond acceptors (Lipinski definition) is 2. The molecule has 18 heavy (non-hydrogen) atoms. The van der Waals surface area contributed by atoms with Gasteiger partial charge in [0.1, 0.15) is 0 Å². The number of nitrogens with one attached hydrogen (secondary N) is 1. The van der Waals surface area contributed by atoms with Crippen molar-refractivity contribution in [2.75, 3.05) is 7.05 Å². The number of nitrogens with zero attached hydrogens (tertiary/aromatic N) is 1. The molecule has 0 aromatic carbocycles. The van der Waals surface area contributed by atoms with Gasteiger partial charge in [0.05, 0.1) is 0 Å². The normalized spacial score (nSPS) is 25.9. The Balaban J connectivity index is 2.15. The van der Waals surface area contributed by atoms with Crippen molar-refractivity contribution in [3.8, 4) is 0 Å². The molecule has 1 aromatic rings. The lowest BCUT2D eigenvalue weighted by Crippen LogP contribution is -2.30. The van der Waals surface area contributed by atoms with E-state index in [-0.39, 0.29) is 0 Å². The lowest BCUT2D eigenvalue weighted by atomic mass is 9.75. The standard InChI is InChI=1S/C16H26N2/c1-4-13-6-5-7-14(10-13)16(17-3)15-11-18-9-8-12(15)2/h8-9,11,13-14,16-17H,4-7,10H2,1-3H3. The smallest absolute Gasteiger partial charge is 0.0364 e. The van der Waals surface area contributed by atoms with E-state index in [9.17, 15) is 0 Å². The summed E-state index contributed by atoms with van der Waals surface area (Å²) in [5.74, 6) is 1.70. The van der Waals surface area contributed by atoms with Crippen LogP contribution in [-0.4, -0.2) is 12.0 Å². The highest BCUT2D eigenvalue weighted by atomic mass is 14.9. The maximum absolute atomic E-state index is 4.31. The average Bonchev–Trinajstić information content (AvgIpc) is 2.42. The van der Waals surface area contributed by atoms with Gasteiger partial charge in [-0.05, 0) is 55.8 Å². The first-order valence-electron chi connectivity index (χ1n) is 7.34. The van der Waals surface area contributed by atoms with Crippen LogP contribution in [-0.2, 0) is 0 Å². The Morgan fingerprint density at radius 1 is 1.44 bits per heavy atom. The van der Waals surface area contributed by atoms with Gasteiger partial charge >= 0.3 is 0 Å². The molecule has 1 aliphatic rings. The number of pyridine rings is 1. The Labute approximate surface area is 111 Å². The molecule has 1 fully saturated rings. The van der Waals surface area contributed by atoms with Crippen LogP contribution in [0.3, 0.4) is 0 Å². The molecule has 0 amide bonds. The molecule has 0 spiro atoms. The summed E-state index contributed by atoms with van der Waals surface area (Å²) in [5.41, 5.74) is 2.75. The second kappa shape index (κ2) is 6.33. The summed E-state index contributed by atoms with van der Waals surface area (Å²) in [6.45, 7) is 4.53. The Bertz CT molecular complexity index is 375. The number of aryl methyl sites for hydroxylation is 1. The minimum atomic E-state index is 0.480. The Kier molecular flexibility index (Phi) is 4.76. The van der Waals surface area contributed by atoms with Gasteiger partial charge in [-0.25, -0.2) is 0 Å². The lowest BCUT2D eigenvalue weighted by Gasteiger charge is -2.35. The predicted octanol–water partition coefficient (Wildman–Crippen LogP) is 3.87. The summed E-state index contributed by atoms with van der Waals surface area (Å²) >= 11 is 0. The van der Waals surface area contributed by atoms with Crippen molar-refractivity contribution >= 4 is 0 Å². The quantitative estimate of drug-likeness (QED) is 0.872. The van der Waals surface area contributed by atoms with E-state index >= 15 is 0 Å². The van der Waals surface area contributed by atoms with Crippen LogP contribution in [0.15, 0.2) is 18.5 Å². The van der Waals surface area contributed by atoms with Gasteiger partial charge in [-0.15, -0.1) is 0 Å². The Morgan fingerprint density at radius 2 is 2.28 bits per heavy atom. The summed E-state index contributed by atoms with van der Waals surface area (Å²) in [6, 6.07) is 2.60. The summed E-state index contributed by atoms with van der Waals surface area (Å²) in [4.78, 5) is 4.31. The highest BCUT2D eigenvalue weighted by molar-refractivity contribution is 5.25. The molecule has 0 saturated heterocycles. The first-order chi connectivity index (χ1) is 8.76. The van der Waals surface area contributed by atoms with Crippen molar-refractivity contribution < 1.29 is 0 Å². The van der Waals surface area contributed by atoms with E-state index in [0.717, 1.165) is 11.8 Å². The van der Waals surface area contributed by atoms with E-state index in [1.807, 2.05) is 12.4 Å². The van der Waals surface area contributed by atoms with E-state index in [2.05, 4.69) is 37.3 Å². The van der Waals surface area contributed by atoms with Crippen LogP contribution in [0.1, 0.15) is 56.2 Å². The fraction of sp³-hybridized carbons (Fsp3) is 0.688. The zero-order valence-electron chi connectivity index (χ0n) is 11.9. The topological polar surface area (TPSA) is 24.9 Å². The monoisotopic (exact) mass is 246 g/mol. The van der Waals surface area contributed by atoms with E-state index < -0.39 is 0 Å². The molecule has 3 unspecified atom stereocenters. The number of rotatable bonds is 4. The molecule has 0 bridgehead atoms. The first-order valence-corrected chi connectivity index (χ1v) is 7.34. The van der Waals surface area contributed by atoms with Crippen LogP contribution in [0.4, 0.5) is 0 Å². The summed E-state index contributed by atoms with van der Waals surface area (Å²) in [7, 11) is 2.09. The van der Waals surface area contributed by atoms with Crippen molar-refractivity contribution in [3.63, 3.8) is 0 Å². The molecule has 2 nitrogen and oxygen atoms in total. The summed E-state index contributed by atoms with van der Waals surface area (Å²) in [5, 5.41) is 3.53. The summed E-state index contributed by atoms with van der Waals surface area (Å²) < 4.78 is 0. The van der Waals surface area contributed by atoms with Crippen LogP contribution in [0, 0.1) is 18.8 Å². The molecule has 3 atom stereocenters. The SMILES string of the molecule is CCC1CCCC(C(NC)c2cnccc2C)C1. The van der Waals surface area contributed by atoms with Crippen molar-refractivity contribution in [1.29, 1.82) is 0 Å². The maximum atomic E-state index is 4.31. The van der Waals surface area contributed by atoms with E-state index in [1.165, 1.54) is 43.2 Å². The minimum absolute atomic E-state index is 0.480. The molecule has 1 aliphatic carbocycles.